The van der Waals surface area contributed by atoms with Crippen LogP contribution in [0.2, 0.25) is 0 Å². The molecule has 0 amide bonds. The molecule has 20 heavy (non-hydrogen) atoms. The van der Waals surface area contributed by atoms with Crippen molar-refractivity contribution < 1.29 is 9.94 Å². The summed E-state index contributed by atoms with van der Waals surface area (Å²) in [6.07, 6.45) is 6.41. The highest BCUT2D eigenvalue weighted by molar-refractivity contribution is 6.00. The number of hydrogen-bond acceptors (Lipinski definition) is 3. The van der Waals surface area contributed by atoms with Crippen molar-refractivity contribution in [2.45, 2.75) is 59.0 Å². The quantitative estimate of drug-likeness (QED) is 0.498. The standard InChI is InChI=1S/C17H25NO2/c1-4-14-7-5-6-8-16(14)20-17-10-9-12(2)11-15(17)13(3)18-19/h9-11,14,16,19H,4-8H2,1-3H3. The molecule has 3 heteroatoms. The third-order valence-corrected chi connectivity index (χ3v) is 4.32. The fraction of sp³-hybridized carbons (Fsp3) is 0.588. The lowest BCUT2D eigenvalue weighted by atomic mass is 9.84. The fourth-order valence-corrected chi connectivity index (χ4v) is 3.04. The zero-order chi connectivity index (χ0) is 14.5. The van der Waals surface area contributed by atoms with Crippen molar-refractivity contribution in [1.82, 2.24) is 0 Å². The van der Waals surface area contributed by atoms with E-state index in [2.05, 4.69) is 12.1 Å². The van der Waals surface area contributed by atoms with Gasteiger partial charge >= 0.3 is 0 Å². The highest BCUT2D eigenvalue weighted by Gasteiger charge is 2.26. The van der Waals surface area contributed by atoms with E-state index in [4.69, 9.17) is 9.94 Å². The SMILES string of the molecule is CCC1CCCCC1Oc1ccc(C)cc1C(C)=NO. The van der Waals surface area contributed by atoms with Gasteiger partial charge in [-0.05, 0) is 57.6 Å². The summed E-state index contributed by atoms with van der Waals surface area (Å²) in [5, 5.41) is 12.4. The second-order valence-corrected chi connectivity index (χ2v) is 5.79. The van der Waals surface area contributed by atoms with Gasteiger partial charge in [0, 0.05) is 5.56 Å². The Morgan fingerprint density at radius 2 is 2.10 bits per heavy atom. The van der Waals surface area contributed by atoms with Crippen LogP contribution in [0.15, 0.2) is 23.4 Å². The van der Waals surface area contributed by atoms with Crippen LogP contribution in [0, 0.1) is 12.8 Å². The topological polar surface area (TPSA) is 41.8 Å². The van der Waals surface area contributed by atoms with Gasteiger partial charge in [-0.15, -0.1) is 0 Å². The summed E-state index contributed by atoms with van der Waals surface area (Å²) < 4.78 is 6.28. The van der Waals surface area contributed by atoms with E-state index in [1.165, 1.54) is 25.7 Å². The van der Waals surface area contributed by atoms with Crippen molar-refractivity contribution >= 4 is 5.71 Å². The predicted molar refractivity (Wildman–Crippen MR) is 81.8 cm³/mol. The lowest BCUT2D eigenvalue weighted by Crippen LogP contribution is -2.30. The number of nitrogens with zero attached hydrogens (tertiary/aromatic N) is 1. The van der Waals surface area contributed by atoms with Gasteiger partial charge < -0.3 is 9.94 Å². The van der Waals surface area contributed by atoms with Gasteiger partial charge in [0.05, 0.1) is 5.71 Å². The molecule has 1 aliphatic rings. The maximum Gasteiger partial charge on any atom is 0.128 e. The number of oxime groups is 1. The van der Waals surface area contributed by atoms with E-state index in [0.717, 1.165) is 23.3 Å². The molecule has 2 atom stereocenters. The average molecular weight is 275 g/mol. The van der Waals surface area contributed by atoms with E-state index < -0.39 is 0 Å². The van der Waals surface area contributed by atoms with Gasteiger partial charge in [0.2, 0.25) is 0 Å². The molecule has 1 aliphatic carbocycles. The number of hydrogen-bond donors (Lipinski definition) is 1. The van der Waals surface area contributed by atoms with Crippen LogP contribution in [0.25, 0.3) is 0 Å². The number of aryl methyl sites for hydroxylation is 1. The van der Waals surface area contributed by atoms with Crippen LogP contribution in [0.5, 0.6) is 5.75 Å². The van der Waals surface area contributed by atoms with Crippen LogP contribution in [0.4, 0.5) is 0 Å². The Kier molecular flexibility index (Phi) is 5.05. The molecule has 0 radical (unpaired) electrons. The Balaban J connectivity index is 2.24. The summed E-state index contributed by atoms with van der Waals surface area (Å²) in [7, 11) is 0. The van der Waals surface area contributed by atoms with Crippen molar-refractivity contribution in [3.05, 3.63) is 29.3 Å². The van der Waals surface area contributed by atoms with Crippen molar-refractivity contribution in [3.63, 3.8) is 0 Å². The van der Waals surface area contributed by atoms with Crippen molar-refractivity contribution in [3.8, 4) is 5.75 Å². The highest BCUT2D eigenvalue weighted by atomic mass is 16.5. The molecule has 1 fully saturated rings. The maximum absolute atomic E-state index is 9.04. The van der Waals surface area contributed by atoms with Crippen LogP contribution in [0.1, 0.15) is 57.1 Å². The molecule has 1 saturated carbocycles. The first kappa shape index (κ1) is 14.9. The van der Waals surface area contributed by atoms with E-state index in [-0.39, 0.29) is 0 Å². The molecule has 0 saturated heterocycles. The van der Waals surface area contributed by atoms with E-state index in [1.807, 2.05) is 25.1 Å². The molecule has 1 aromatic rings. The largest absolute Gasteiger partial charge is 0.489 e. The number of rotatable bonds is 4. The molecule has 0 spiro atoms. The highest BCUT2D eigenvalue weighted by Crippen LogP contribution is 2.32. The van der Waals surface area contributed by atoms with E-state index in [1.54, 1.807) is 6.92 Å². The van der Waals surface area contributed by atoms with Crippen LogP contribution in [-0.2, 0) is 0 Å². The first-order valence-corrected chi connectivity index (χ1v) is 7.62. The zero-order valence-corrected chi connectivity index (χ0v) is 12.7. The minimum atomic E-state index is 0.293. The van der Waals surface area contributed by atoms with Crippen molar-refractivity contribution in [2.24, 2.45) is 11.1 Å². The molecule has 0 aliphatic heterocycles. The van der Waals surface area contributed by atoms with E-state index >= 15 is 0 Å². The van der Waals surface area contributed by atoms with Gasteiger partial charge in [0.1, 0.15) is 11.9 Å². The minimum absolute atomic E-state index is 0.293. The Morgan fingerprint density at radius 1 is 1.35 bits per heavy atom. The van der Waals surface area contributed by atoms with Crippen LogP contribution < -0.4 is 4.74 Å². The Morgan fingerprint density at radius 3 is 2.80 bits per heavy atom. The lowest BCUT2D eigenvalue weighted by molar-refractivity contribution is 0.0901. The molecule has 0 bridgehead atoms. The molecule has 2 rings (SSSR count). The predicted octanol–water partition coefficient (Wildman–Crippen LogP) is 4.54. The summed E-state index contributed by atoms with van der Waals surface area (Å²) in [4.78, 5) is 0. The molecule has 0 heterocycles. The molecule has 1 aromatic carbocycles. The molecule has 3 nitrogen and oxygen atoms in total. The lowest BCUT2D eigenvalue weighted by Gasteiger charge is -2.31. The molecule has 110 valence electrons. The summed E-state index contributed by atoms with van der Waals surface area (Å²) in [5.41, 5.74) is 2.64. The zero-order valence-electron chi connectivity index (χ0n) is 12.7. The third-order valence-electron chi connectivity index (χ3n) is 4.32. The second kappa shape index (κ2) is 6.78. The fourth-order valence-electron chi connectivity index (χ4n) is 3.04. The first-order valence-electron chi connectivity index (χ1n) is 7.62. The second-order valence-electron chi connectivity index (χ2n) is 5.79. The third kappa shape index (κ3) is 3.33. The number of benzene rings is 1. The monoisotopic (exact) mass is 275 g/mol. The van der Waals surface area contributed by atoms with Crippen molar-refractivity contribution in [2.75, 3.05) is 0 Å². The summed E-state index contributed by atoms with van der Waals surface area (Å²) in [6, 6.07) is 6.07. The van der Waals surface area contributed by atoms with E-state index in [0.29, 0.717) is 17.7 Å². The Hall–Kier alpha value is -1.51. The van der Waals surface area contributed by atoms with Gasteiger partial charge in [-0.3, -0.25) is 0 Å². The van der Waals surface area contributed by atoms with Crippen LogP contribution in [-0.4, -0.2) is 17.0 Å². The van der Waals surface area contributed by atoms with Crippen LogP contribution in [0.3, 0.4) is 0 Å². The minimum Gasteiger partial charge on any atom is -0.489 e. The van der Waals surface area contributed by atoms with E-state index in [9.17, 15) is 0 Å². The smallest absolute Gasteiger partial charge is 0.128 e. The average Bonchev–Trinajstić information content (AvgIpc) is 2.48. The molecular formula is C17H25NO2. The number of ether oxygens (including phenoxy) is 1. The summed E-state index contributed by atoms with van der Waals surface area (Å²) in [6.45, 7) is 6.08. The normalized spacial score (nSPS) is 23.6. The Bertz CT molecular complexity index is 482. The molecule has 1 N–H and O–H groups in total. The van der Waals surface area contributed by atoms with Gasteiger partial charge in [-0.1, -0.05) is 30.1 Å². The molecular weight excluding hydrogens is 250 g/mol. The van der Waals surface area contributed by atoms with Crippen LogP contribution >= 0.6 is 0 Å². The molecule has 0 aromatic heterocycles. The van der Waals surface area contributed by atoms with Gasteiger partial charge in [-0.25, -0.2) is 0 Å². The van der Waals surface area contributed by atoms with Crippen molar-refractivity contribution in [1.29, 1.82) is 0 Å². The van der Waals surface area contributed by atoms with Gasteiger partial charge in [-0.2, -0.15) is 0 Å². The van der Waals surface area contributed by atoms with Gasteiger partial charge in [0.15, 0.2) is 0 Å². The van der Waals surface area contributed by atoms with Gasteiger partial charge in [0.25, 0.3) is 0 Å². The summed E-state index contributed by atoms with van der Waals surface area (Å²) >= 11 is 0. The maximum atomic E-state index is 9.04. The Labute approximate surface area is 121 Å². The first-order chi connectivity index (χ1) is 9.65. The summed E-state index contributed by atoms with van der Waals surface area (Å²) in [5.74, 6) is 1.49. The molecule has 2 unspecified atom stereocenters.